The van der Waals surface area contributed by atoms with Gasteiger partial charge in [-0.05, 0) is 6.07 Å². The van der Waals surface area contributed by atoms with E-state index in [0.29, 0.717) is 5.52 Å². The molecule has 0 aromatic carbocycles. The van der Waals surface area contributed by atoms with Crippen LogP contribution in [0.15, 0.2) is 24.4 Å². The number of nitrogens with zero attached hydrogens (tertiary/aromatic N) is 2. The van der Waals surface area contributed by atoms with Crippen LogP contribution in [-0.2, 0) is 10.1 Å². The zero-order chi connectivity index (χ0) is 13.2. The molecule has 2 aromatic rings. The minimum Gasteiger partial charge on any atom is -0.481 e. The smallest absolute Gasteiger partial charge is 0.339 e. The van der Waals surface area contributed by atoms with Crippen molar-refractivity contribution in [2.45, 2.75) is 0 Å². The van der Waals surface area contributed by atoms with Gasteiger partial charge in [-0.15, -0.1) is 0 Å². The molecule has 8 heteroatoms. The number of rotatable bonds is 4. The predicted octanol–water partition coefficient (Wildman–Crippen LogP) is 1.27. The molecule has 18 heavy (non-hydrogen) atoms. The Bertz CT molecular complexity index is 675. The van der Waals surface area contributed by atoms with Crippen molar-refractivity contribution in [3.05, 3.63) is 24.4 Å². The Morgan fingerprint density at radius 2 is 2.11 bits per heavy atom. The lowest BCUT2D eigenvalue weighted by Crippen LogP contribution is -2.11. The molecule has 0 spiro atoms. The third-order valence-electron chi connectivity index (χ3n) is 2.08. The summed E-state index contributed by atoms with van der Waals surface area (Å²) < 4.78 is 43.9. The molecule has 2 aromatic heterocycles. The number of methoxy groups -OCH3 is 1. The minimum atomic E-state index is -4.26. The average molecular weight is 272 g/mol. The third-order valence-corrected chi connectivity index (χ3v) is 2.78. The summed E-state index contributed by atoms with van der Waals surface area (Å²) in [5, 5.41) is 0. The van der Waals surface area contributed by atoms with Crippen LogP contribution in [0, 0.1) is 0 Å². The summed E-state index contributed by atoms with van der Waals surface area (Å²) in [6.45, 7) is 0. The van der Waals surface area contributed by atoms with Crippen LogP contribution in [0.1, 0.15) is 0 Å². The molecule has 0 bridgehead atoms. The fourth-order valence-electron chi connectivity index (χ4n) is 1.32. The maximum absolute atomic E-state index is 12.2. The normalized spacial score (nSPS) is 11.4. The molecule has 2 heterocycles. The second kappa shape index (κ2) is 4.73. The Morgan fingerprint density at radius 1 is 1.33 bits per heavy atom. The van der Waals surface area contributed by atoms with Gasteiger partial charge in [-0.1, -0.05) is 0 Å². The molecule has 0 saturated heterocycles. The van der Waals surface area contributed by atoms with Crippen molar-refractivity contribution in [3.63, 3.8) is 0 Å². The molecular weight excluding hydrogens is 263 g/mol. The SMILES string of the molecule is COc1ccc2nccc(OS(=O)(=O)CF)c2n1. The van der Waals surface area contributed by atoms with Crippen LogP contribution >= 0.6 is 0 Å². The lowest BCUT2D eigenvalue weighted by Gasteiger charge is -2.07. The van der Waals surface area contributed by atoms with Gasteiger partial charge in [0.15, 0.2) is 5.75 Å². The molecule has 6 nitrogen and oxygen atoms in total. The van der Waals surface area contributed by atoms with Gasteiger partial charge in [0.2, 0.25) is 11.9 Å². The second-order valence-electron chi connectivity index (χ2n) is 3.28. The topological polar surface area (TPSA) is 78.4 Å². The van der Waals surface area contributed by atoms with Crippen molar-refractivity contribution >= 4 is 21.2 Å². The van der Waals surface area contributed by atoms with Crippen molar-refractivity contribution in [2.75, 3.05) is 13.1 Å². The Morgan fingerprint density at radius 3 is 2.78 bits per heavy atom. The first-order valence-corrected chi connectivity index (χ1v) is 6.41. The molecule has 0 N–H and O–H groups in total. The van der Waals surface area contributed by atoms with E-state index in [2.05, 4.69) is 14.2 Å². The van der Waals surface area contributed by atoms with E-state index in [1.165, 1.54) is 19.4 Å². The first kappa shape index (κ1) is 12.5. The van der Waals surface area contributed by atoms with E-state index in [1.54, 1.807) is 12.1 Å². The summed E-state index contributed by atoms with van der Waals surface area (Å²) in [6, 6.07) is 2.85. The van der Waals surface area contributed by atoms with E-state index in [4.69, 9.17) is 4.74 Å². The lowest BCUT2D eigenvalue weighted by atomic mass is 10.3. The van der Waals surface area contributed by atoms with Crippen LogP contribution < -0.4 is 8.92 Å². The highest BCUT2D eigenvalue weighted by atomic mass is 32.2. The van der Waals surface area contributed by atoms with Gasteiger partial charge in [0, 0.05) is 18.3 Å². The molecule has 0 aliphatic heterocycles. The number of pyridine rings is 2. The standard InChI is InChI=1S/C10H9FN2O4S/c1-16-9-3-2-7-10(13-9)8(4-5-12-7)17-18(14,15)6-11/h2-5H,6H2,1H3. The van der Waals surface area contributed by atoms with Gasteiger partial charge >= 0.3 is 10.1 Å². The van der Waals surface area contributed by atoms with Crippen molar-refractivity contribution in [1.82, 2.24) is 9.97 Å². The first-order valence-electron chi connectivity index (χ1n) is 4.83. The van der Waals surface area contributed by atoms with E-state index < -0.39 is 16.1 Å². The summed E-state index contributed by atoms with van der Waals surface area (Å²) in [5.41, 5.74) is 0.608. The number of fused-ring (bicyclic) bond motifs is 1. The number of aromatic nitrogens is 2. The van der Waals surface area contributed by atoms with Gasteiger partial charge in [0.25, 0.3) is 0 Å². The summed E-state index contributed by atoms with van der Waals surface area (Å²) in [6.07, 6.45) is 1.35. The van der Waals surface area contributed by atoms with Crippen LogP contribution in [0.2, 0.25) is 0 Å². The zero-order valence-corrected chi connectivity index (χ0v) is 10.1. The predicted molar refractivity (Wildman–Crippen MR) is 61.6 cm³/mol. The summed E-state index contributed by atoms with van der Waals surface area (Å²) >= 11 is 0. The van der Waals surface area contributed by atoms with Crippen LogP contribution in [0.5, 0.6) is 11.6 Å². The molecule has 0 fully saturated rings. The van der Waals surface area contributed by atoms with E-state index in [-0.39, 0.29) is 17.1 Å². The van der Waals surface area contributed by atoms with E-state index >= 15 is 0 Å². The van der Waals surface area contributed by atoms with E-state index in [1.807, 2.05) is 0 Å². The highest BCUT2D eigenvalue weighted by molar-refractivity contribution is 7.86. The molecular formula is C10H9FN2O4S. The van der Waals surface area contributed by atoms with Gasteiger partial charge in [-0.3, -0.25) is 4.98 Å². The summed E-state index contributed by atoms with van der Waals surface area (Å²) in [4.78, 5) is 8.00. The number of halogens is 1. The Kier molecular flexibility index (Phi) is 3.28. The highest BCUT2D eigenvalue weighted by Gasteiger charge is 2.15. The molecule has 0 aliphatic rings. The zero-order valence-electron chi connectivity index (χ0n) is 9.33. The van der Waals surface area contributed by atoms with Crippen molar-refractivity contribution in [1.29, 1.82) is 0 Å². The fourth-order valence-corrected chi connectivity index (χ4v) is 1.78. The number of ether oxygens (including phenoxy) is 1. The van der Waals surface area contributed by atoms with Crippen molar-refractivity contribution in [3.8, 4) is 11.6 Å². The number of hydrogen-bond acceptors (Lipinski definition) is 6. The molecule has 96 valence electrons. The summed E-state index contributed by atoms with van der Waals surface area (Å²) in [7, 11) is -2.84. The van der Waals surface area contributed by atoms with Gasteiger partial charge in [-0.2, -0.15) is 8.42 Å². The van der Waals surface area contributed by atoms with Gasteiger partial charge in [0.05, 0.1) is 12.6 Å². The van der Waals surface area contributed by atoms with Gasteiger partial charge < -0.3 is 8.92 Å². The molecule has 0 aliphatic carbocycles. The number of alkyl halides is 1. The maximum Gasteiger partial charge on any atom is 0.339 e. The third kappa shape index (κ3) is 2.48. The van der Waals surface area contributed by atoms with Gasteiger partial charge in [-0.25, -0.2) is 9.37 Å². The molecule has 0 amide bonds. The quantitative estimate of drug-likeness (QED) is 0.780. The first-order chi connectivity index (χ1) is 8.55. The Labute approximate surface area is 103 Å². The molecule has 0 unspecified atom stereocenters. The van der Waals surface area contributed by atoms with E-state index in [9.17, 15) is 12.8 Å². The molecule has 2 rings (SSSR count). The van der Waals surface area contributed by atoms with E-state index in [0.717, 1.165) is 0 Å². The fraction of sp³-hybridized carbons (Fsp3) is 0.200. The summed E-state index contributed by atoms with van der Waals surface area (Å²) in [5.74, 6) is 0.189. The monoisotopic (exact) mass is 272 g/mol. The number of hydrogen-bond donors (Lipinski definition) is 0. The van der Waals surface area contributed by atoms with Crippen LogP contribution in [0.25, 0.3) is 11.0 Å². The van der Waals surface area contributed by atoms with Crippen LogP contribution in [0.3, 0.4) is 0 Å². The van der Waals surface area contributed by atoms with Crippen LogP contribution in [-0.4, -0.2) is 31.5 Å². The van der Waals surface area contributed by atoms with Crippen LogP contribution in [0.4, 0.5) is 4.39 Å². The van der Waals surface area contributed by atoms with Crippen molar-refractivity contribution < 1.29 is 21.7 Å². The van der Waals surface area contributed by atoms with Gasteiger partial charge in [0.1, 0.15) is 5.52 Å². The Balaban J connectivity index is 2.56. The minimum absolute atomic E-state index is 0.0865. The van der Waals surface area contributed by atoms with Crippen molar-refractivity contribution in [2.24, 2.45) is 0 Å². The average Bonchev–Trinajstić information content (AvgIpc) is 2.38. The molecule has 0 atom stereocenters. The molecule has 0 saturated carbocycles. The highest BCUT2D eigenvalue weighted by Crippen LogP contribution is 2.25. The maximum atomic E-state index is 12.2. The Hall–Kier alpha value is -1.96. The second-order valence-corrected chi connectivity index (χ2v) is 4.78. The molecule has 0 radical (unpaired) electrons. The lowest BCUT2D eigenvalue weighted by molar-refractivity contribution is 0.399. The largest absolute Gasteiger partial charge is 0.481 e.